The van der Waals surface area contributed by atoms with Crippen molar-refractivity contribution in [1.29, 1.82) is 0 Å². The Morgan fingerprint density at radius 3 is 2.60 bits per heavy atom. The van der Waals surface area contributed by atoms with Crippen LogP contribution in [0.3, 0.4) is 0 Å². The lowest BCUT2D eigenvalue weighted by Crippen LogP contribution is -2.50. The summed E-state index contributed by atoms with van der Waals surface area (Å²) in [6.45, 7) is 16.8. The number of carbonyl (C=O) groups is 1. The quantitative estimate of drug-likeness (QED) is 0.166. The first-order valence-electron chi connectivity index (χ1n) is 23.0. The molecule has 63 heavy (non-hydrogen) atoms. The number of aliphatic imine (C=N–C) groups is 3. The maximum Gasteiger partial charge on any atom is 0.306 e. The molecule has 9 aliphatic rings. The molecule has 10 rings (SSSR count). The van der Waals surface area contributed by atoms with Crippen molar-refractivity contribution in [1.82, 2.24) is 5.32 Å². The van der Waals surface area contributed by atoms with Gasteiger partial charge < -0.3 is 25.4 Å². The van der Waals surface area contributed by atoms with E-state index in [1.54, 1.807) is 0 Å². The van der Waals surface area contributed by atoms with E-state index in [1.165, 1.54) is 11.1 Å². The molecule has 324 valence electrons. The van der Waals surface area contributed by atoms with E-state index in [0.29, 0.717) is 48.5 Å². The molecule has 3 fully saturated rings. The number of nitrogens with zero attached hydrogens (tertiary/aromatic N) is 3. The summed E-state index contributed by atoms with van der Waals surface area (Å²) in [5.41, 5.74) is 15.0. The topological polar surface area (TPSA) is 136 Å². The van der Waals surface area contributed by atoms with Crippen LogP contribution in [0.2, 0.25) is 0 Å². The Morgan fingerprint density at radius 1 is 1.02 bits per heavy atom. The molecule has 2 saturated carbocycles. The largest absolute Gasteiger partial charge is 0.511 e. The molecule has 0 spiro atoms. The van der Waals surface area contributed by atoms with Crippen molar-refractivity contribution in [3.63, 3.8) is 0 Å². The Bertz CT molecular complexity index is 2730. The number of aryl methyl sites for hydroxylation is 1. The predicted molar refractivity (Wildman–Crippen MR) is 248 cm³/mol. The molecule has 9 nitrogen and oxygen atoms in total. The lowest BCUT2D eigenvalue weighted by atomic mass is 9.53. The second-order valence-corrected chi connectivity index (χ2v) is 19.4. The molecule has 0 unspecified atom stereocenters. The maximum absolute atomic E-state index is 13.5. The fraction of sp³-hybridized carbons (Fsp3) is 0.444. The molecule has 8 bridgehead atoms. The fourth-order valence-electron chi connectivity index (χ4n) is 12.8. The SMILES string of the molecule is C=CC1=C(C)C2=NC1=CC1=NC(=CC3=C(C)C4=C(O)CC(=C5NC(=C2)[C@@H](C)[C@@H]5CCC(=O)OCC#C[C@]2(O)CC[C@H]5[C@@H]6CCc7cc(O)ccc7[C@H]6CC[C@@]52C)C4=N3)C(CC)=C1C. The molecular formula is C54H58N4O5. The average molecular weight is 843 g/mol. The summed E-state index contributed by atoms with van der Waals surface area (Å²) in [5, 5.41) is 37.5. The predicted octanol–water partition coefficient (Wildman–Crippen LogP) is 10.2. The van der Waals surface area contributed by atoms with Crippen molar-refractivity contribution in [2.45, 2.75) is 117 Å². The first-order chi connectivity index (χ1) is 30.2. The van der Waals surface area contributed by atoms with Crippen molar-refractivity contribution in [2.75, 3.05) is 6.61 Å². The first-order valence-corrected chi connectivity index (χ1v) is 23.0. The minimum absolute atomic E-state index is 0.00167. The van der Waals surface area contributed by atoms with E-state index in [4.69, 9.17) is 19.7 Å². The smallest absolute Gasteiger partial charge is 0.306 e. The van der Waals surface area contributed by atoms with Gasteiger partial charge in [-0.05, 0) is 154 Å². The van der Waals surface area contributed by atoms with Gasteiger partial charge in [-0.15, -0.1) is 0 Å². The summed E-state index contributed by atoms with van der Waals surface area (Å²) in [6, 6.07) is 5.85. The van der Waals surface area contributed by atoms with Gasteiger partial charge in [0.05, 0.1) is 34.2 Å². The minimum Gasteiger partial charge on any atom is -0.511 e. The highest BCUT2D eigenvalue weighted by Gasteiger charge is 2.61. The van der Waals surface area contributed by atoms with Crippen molar-refractivity contribution in [2.24, 2.45) is 44.1 Å². The number of hydrogen-bond acceptors (Lipinski definition) is 9. The van der Waals surface area contributed by atoms with E-state index >= 15 is 0 Å². The summed E-state index contributed by atoms with van der Waals surface area (Å²) in [4.78, 5) is 28.9. The van der Waals surface area contributed by atoms with Crippen LogP contribution in [0.25, 0.3) is 0 Å². The molecule has 7 atom stereocenters. The average Bonchev–Trinajstić information content (AvgIpc) is 4.06. The highest BCUT2D eigenvalue weighted by atomic mass is 16.5. The second-order valence-electron chi connectivity index (χ2n) is 19.4. The zero-order valence-electron chi connectivity index (χ0n) is 37.4. The van der Waals surface area contributed by atoms with Crippen LogP contribution in [0.4, 0.5) is 0 Å². The number of aliphatic hydroxyl groups excluding tert-OH is 1. The molecule has 1 saturated heterocycles. The number of allylic oxidation sites excluding steroid dienone is 12. The molecule has 1 aromatic rings. The van der Waals surface area contributed by atoms with Gasteiger partial charge in [-0.3, -0.25) is 4.79 Å². The highest BCUT2D eigenvalue weighted by molar-refractivity contribution is 6.21. The fourth-order valence-corrected chi connectivity index (χ4v) is 12.8. The molecule has 4 N–H and O–H groups in total. The molecule has 0 aromatic heterocycles. The van der Waals surface area contributed by atoms with Gasteiger partial charge in [0.25, 0.3) is 0 Å². The molecule has 4 aliphatic carbocycles. The van der Waals surface area contributed by atoms with Gasteiger partial charge in [0.2, 0.25) is 0 Å². The van der Waals surface area contributed by atoms with Gasteiger partial charge in [-0.2, -0.15) is 0 Å². The molecule has 0 radical (unpaired) electrons. The van der Waals surface area contributed by atoms with Gasteiger partial charge in [-0.25, -0.2) is 15.0 Å². The Morgan fingerprint density at radius 2 is 1.81 bits per heavy atom. The van der Waals surface area contributed by atoms with Gasteiger partial charge in [-0.1, -0.05) is 51.3 Å². The molecule has 0 amide bonds. The Hall–Kier alpha value is -5.72. The van der Waals surface area contributed by atoms with Crippen LogP contribution in [0.5, 0.6) is 5.75 Å². The summed E-state index contributed by atoms with van der Waals surface area (Å²) in [7, 11) is 0. The highest BCUT2D eigenvalue weighted by Crippen LogP contribution is 2.64. The van der Waals surface area contributed by atoms with E-state index in [9.17, 15) is 20.1 Å². The number of esters is 1. The third-order valence-corrected chi connectivity index (χ3v) is 16.4. The molecular weight excluding hydrogens is 785 g/mol. The van der Waals surface area contributed by atoms with E-state index in [2.05, 4.69) is 76.6 Å². The van der Waals surface area contributed by atoms with Crippen LogP contribution in [-0.2, 0) is 16.0 Å². The van der Waals surface area contributed by atoms with E-state index in [-0.39, 0.29) is 36.2 Å². The molecule has 5 heterocycles. The number of ether oxygens (including phenoxy) is 1. The number of aliphatic hydroxyl groups is 2. The summed E-state index contributed by atoms with van der Waals surface area (Å²) in [6.07, 6.45) is 15.4. The molecule has 9 heteroatoms. The van der Waals surface area contributed by atoms with Crippen molar-refractivity contribution in [3.8, 4) is 17.6 Å². The lowest BCUT2D eigenvalue weighted by molar-refractivity contribution is -0.142. The van der Waals surface area contributed by atoms with Gasteiger partial charge in [0, 0.05) is 58.2 Å². The van der Waals surface area contributed by atoms with Crippen LogP contribution in [0, 0.1) is 40.9 Å². The second kappa shape index (κ2) is 15.2. The maximum atomic E-state index is 13.5. The lowest BCUT2D eigenvalue weighted by Gasteiger charge is -2.52. The third-order valence-electron chi connectivity index (χ3n) is 16.4. The van der Waals surface area contributed by atoms with Crippen LogP contribution >= 0.6 is 0 Å². The standard InChI is InChI=1S/C54H58N4O5/c1-8-34-28(3)42-25-44-30(5)36(51(57-44)40-24-48(60)50-31(6)45(58-52(40)50)27-47-35(9-2)29(4)43(56-47)26-46(34)55-42)15-16-49(61)63-22-10-19-54(62)21-18-41-39-13-11-32-23-33(59)12-14-37(32)38(39)17-20-53(41,54)7/h8,12,14,23,25-27,30,36,38-39,41,57,59-60,62H,1,9,11,13,15-18,20-22,24H2,2-7H3/t30-,36-,38+,39+,41-,53-,54-/m0/s1. The summed E-state index contributed by atoms with van der Waals surface area (Å²) < 4.78 is 5.76. The van der Waals surface area contributed by atoms with E-state index in [0.717, 1.165) is 123 Å². The van der Waals surface area contributed by atoms with E-state index in [1.807, 2.05) is 31.2 Å². The van der Waals surface area contributed by atoms with Crippen LogP contribution in [-0.4, -0.2) is 50.6 Å². The number of hydrogen-bond donors (Lipinski definition) is 4. The number of phenols is 1. The van der Waals surface area contributed by atoms with Crippen LogP contribution < -0.4 is 5.32 Å². The summed E-state index contributed by atoms with van der Waals surface area (Å²) >= 11 is 0. The molecule has 5 aliphatic heterocycles. The van der Waals surface area contributed by atoms with Crippen molar-refractivity contribution >= 4 is 23.1 Å². The normalized spacial score (nSPS) is 31.4. The minimum atomic E-state index is -1.13. The van der Waals surface area contributed by atoms with Crippen LogP contribution in [0.1, 0.15) is 116 Å². The monoisotopic (exact) mass is 842 g/mol. The van der Waals surface area contributed by atoms with Gasteiger partial charge in [0.1, 0.15) is 17.1 Å². The number of fused-ring (bicyclic) bond motifs is 10. The van der Waals surface area contributed by atoms with Gasteiger partial charge >= 0.3 is 5.97 Å². The van der Waals surface area contributed by atoms with Crippen molar-refractivity contribution in [3.05, 3.63) is 133 Å². The summed E-state index contributed by atoms with van der Waals surface area (Å²) in [5.74, 6) is 7.82. The molecule has 1 aromatic carbocycles. The van der Waals surface area contributed by atoms with Crippen molar-refractivity contribution < 1.29 is 24.9 Å². The zero-order valence-corrected chi connectivity index (χ0v) is 37.4. The Balaban J connectivity index is 0.887. The number of aromatic hydroxyl groups is 1. The number of carbonyl (C=O) groups excluding carboxylic acids is 1. The first kappa shape index (κ1) is 41.3. The number of phenolic OH excluding ortho intramolecular Hbond substituents is 1. The number of rotatable bonds is 6. The Labute approximate surface area is 371 Å². The Kier molecular flexibility index (Phi) is 9.98. The van der Waals surface area contributed by atoms with E-state index < -0.39 is 5.60 Å². The number of benzene rings is 1. The number of nitrogens with one attached hydrogen (secondary N) is 1. The van der Waals surface area contributed by atoms with Gasteiger partial charge in [0.15, 0.2) is 6.61 Å². The third kappa shape index (κ3) is 6.45. The zero-order chi connectivity index (χ0) is 44.1. The van der Waals surface area contributed by atoms with Crippen LogP contribution in [0.15, 0.2) is 137 Å².